The van der Waals surface area contributed by atoms with Gasteiger partial charge in [0, 0.05) is 17.4 Å². The Hall–Kier alpha value is -2.36. The fourth-order valence-electron chi connectivity index (χ4n) is 2.71. The van der Waals surface area contributed by atoms with Crippen LogP contribution in [0.4, 0.5) is 11.5 Å². The van der Waals surface area contributed by atoms with Crippen molar-refractivity contribution in [3.8, 4) is 0 Å². The summed E-state index contributed by atoms with van der Waals surface area (Å²) in [4.78, 5) is 18.5. The molecule has 0 fully saturated rings. The summed E-state index contributed by atoms with van der Waals surface area (Å²) < 4.78 is 0. The number of pyridine rings is 1. The number of nitrogens with two attached hydrogens (primary N) is 1. The standard InChI is InChI=1S/C16H17N3O/c1-16(2)12-7-3-4-8-13(12)19(15(16)20)10-11-6-5-9-18-14(11)17/h3-9H,10H2,1-2H3,(H2,17,18). The number of amides is 1. The van der Waals surface area contributed by atoms with Crippen molar-refractivity contribution >= 4 is 17.4 Å². The number of hydrogen-bond donors (Lipinski definition) is 1. The van der Waals surface area contributed by atoms with Gasteiger partial charge in [-0.1, -0.05) is 24.3 Å². The number of anilines is 2. The van der Waals surface area contributed by atoms with Crippen LogP contribution in [0.25, 0.3) is 0 Å². The molecule has 0 unspecified atom stereocenters. The van der Waals surface area contributed by atoms with Crippen molar-refractivity contribution < 1.29 is 4.79 Å². The van der Waals surface area contributed by atoms with E-state index in [0.717, 1.165) is 16.8 Å². The highest BCUT2D eigenvalue weighted by molar-refractivity contribution is 6.07. The normalized spacial score (nSPS) is 16.3. The van der Waals surface area contributed by atoms with Crippen molar-refractivity contribution in [2.75, 3.05) is 10.6 Å². The minimum Gasteiger partial charge on any atom is -0.383 e. The third-order valence-corrected chi connectivity index (χ3v) is 3.90. The highest BCUT2D eigenvalue weighted by atomic mass is 16.2. The van der Waals surface area contributed by atoms with Gasteiger partial charge in [-0.25, -0.2) is 4.98 Å². The molecule has 1 amide bonds. The maximum absolute atomic E-state index is 12.7. The van der Waals surface area contributed by atoms with Crippen LogP contribution < -0.4 is 10.6 Å². The van der Waals surface area contributed by atoms with Crippen LogP contribution in [-0.4, -0.2) is 10.9 Å². The largest absolute Gasteiger partial charge is 0.383 e. The first-order valence-electron chi connectivity index (χ1n) is 6.62. The quantitative estimate of drug-likeness (QED) is 0.909. The molecule has 0 bridgehead atoms. The summed E-state index contributed by atoms with van der Waals surface area (Å²) in [6.45, 7) is 4.38. The number of aromatic nitrogens is 1. The first-order valence-corrected chi connectivity index (χ1v) is 6.62. The molecule has 2 heterocycles. The lowest BCUT2D eigenvalue weighted by Crippen LogP contribution is -2.35. The van der Waals surface area contributed by atoms with Crippen LogP contribution in [0, 0.1) is 0 Å². The Labute approximate surface area is 118 Å². The van der Waals surface area contributed by atoms with E-state index in [1.165, 1.54) is 0 Å². The predicted molar refractivity (Wildman–Crippen MR) is 79.3 cm³/mol. The summed E-state index contributed by atoms with van der Waals surface area (Å²) in [6.07, 6.45) is 1.66. The van der Waals surface area contributed by atoms with E-state index in [1.807, 2.05) is 50.2 Å². The lowest BCUT2D eigenvalue weighted by Gasteiger charge is -2.21. The maximum Gasteiger partial charge on any atom is 0.237 e. The zero-order chi connectivity index (χ0) is 14.3. The van der Waals surface area contributed by atoms with Crippen molar-refractivity contribution in [3.63, 3.8) is 0 Å². The highest BCUT2D eigenvalue weighted by Crippen LogP contribution is 2.42. The smallest absolute Gasteiger partial charge is 0.237 e. The number of fused-ring (bicyclic) bond motifs is 1. The molecule has 4 nitrogen and oxygen atoms in total. The molecule has 2 aromatic rings. The number of nitrogens with zero attached hydrogens (tertiary/aromatic N) is 2. The lowest BCUT2D eigenvalue weighted by molar-refractivity contribution is -0.122. The Morgan fingerprint density at radius 3 is 2.70 bits per heavy atom. The molecule has 4 heteroatoms. The van der Waals surface area contributed by atoms with Crippen molar-refractivity contribution in [1.29, 1.82) is 0 Å². The summed E-state index contributed by atoms with van der Waals surface area (Å²) in [5, 5.41) is 0. The van der Waals surface area contributed by atoms with E-state index in [1.54, 1.807) is 11.1 Å². The molecule has 1 aliphatic rings. The van der Waals surface area contributed by atoms with Gasteiger partial charge in [0.05, 0.1) is 12.0 Å². The van der Waals surface area contributed by atoms with E-state index in [2.05, 4.69) is 4.98 Å². The van der Waals surface area contributed by atoms with Crippen molar-refractivity contribution in [2.45, 2.75) is 25.8 Å². The SMILES string of the molecule is CC1(C)C(=O)N(Cc2cccnc2N)c2ccccc21. The third-order valence-electron chi connectivity index (χ3n) is 3.90. The Balaban J connectivity index is 2.03. The van der Waals surface area contributed by atoms with Gasteiger partial charge in [-0.2, -0.15) is 0 Å². The van der Waals surface area contributed by atoms with Gasteiger partial charge in [0.1, 0.15) is 5.82 Å². The Kier molecular flexibility index (Phi) is 2.74. The zero-order valence-electron chi connectivity index (χ0n) is 11.6. The molecule has 0 saturated heterocycles. The number of carbonyl (C=O) groups is 1. The number of benzene rings is 1. The van der Waals surface area contributed by atoms with E-state index in [9.17, 15) is 4.79 Å². The molecular formula is C16H17N3O. The minimum atomic E-state index is -0.492. The minimum absolute atomic E-state index is 0.0990. The molecule has 0 saturated carbocycles. The van der Waals surface area contributed by atoms with Gasteiger partial charge in [0.2, 0.25) is 5.91 Å². The summed E-state index contributed by atoms with van der Waals surface area (Å²) in [5.41, 5.74) is 8.29. The van der Waals surface area contributed by atoms with Crippen LogP contribution in [0.1, 0.15) is 25.0 Å². The number of nitrogen functional groups attached to an aromatic ring is 1. The van der Waals surface area contributed by atoms with Crippen LogP contribution in [-0.2, 0) is 16.8 Å². The Bertz CT molecular complexity index is 679. The molecule has 1 aromatic carbocycles. The monoisotopic (exact) mass is 267 g/mol. The number of rotatable bonds is 2. The Morgan fingerprint density at radius 1 is 1.20 bits per heavy atom. The molecule has 0 radical (unpaired) electrons. The van der Waals surface area contributed by atoms with E-state index < -0.39 is 5.41 Å². The molecule has 1 aliphatic heterocycles. The summed E-state index contributed by atoms with van der Waals surface area (Å²) >= 11 is 0. The van der Waals surface area contributed by atoms with Gasteiger partial charge in [-0.05, 0) is 31.5 Å². The van der Waals surface area contributed by atoms with Crippen LogP contribution in [0.15, 0.2) is 42.6 Å². The van der Waals surface area contributed by atoms with Crippen LogP contribution in [0.2, 0.25) is 0 Å². The number of carbonyl (C=O) groups excluding carboxylic acids is 1. The molecule has 20 heavy (non-hydrogen) atoms. The van der Waals surface area contributed by atoms with Crippen LogP contribution in [0.5, 0.6) is 0 Å². The van der Waals surface area contributed by atoms with E-state index in [0.29, 0.717) is 12.4 Å². The number of para-hydroxylation sites is 1. The first kappa shape index (κ1) is 12.7. The van der Waals surface area contributed by atoms with Gasteiger partial charge < -0.3 is 10.6 Å². The molecule has 0 atom stereocenters. The average molecular weight is 267 g/mol. The molecular weight excluding hydrogens is 250 g/mol. The second kappa shape index (κ2) is 4.34. The summed E-state index contributed by atoms with van der Waals surface area (Å²) in [7, 11) is 0. The first-order chi connectivity index (χ1) is 9.51. The average Bonchev–Trinajstić information content (AvgIpc) is 2.63. The van der Waals surface area contributed by atoms with Gasteiger partial charge in [0.15, 0.2) is 0 Å². The molecule has 3 rings (SSSR count). The van der Waals surface area contributed by atoms with Gasteiger partial charge >= 0.3 is 0 Å². The lowest BCUT2D eigenvalue weighted by atomic mass is 9.86. The topological polar surface area (TPSA) is 59.2 Å². The predicted octanol–water partition coefficient (Wildman–Crippen LogP) is 2.49. The molecule has 0 aliphatic carbocycles. The molecule has 1 aromatic heterocycles. The van der Waals surface area contributed by atoms with Gasteiger partial charge in [-0.15, -0.1) is 0 Å². The molecule has 0 spiro atoms. The second-order valence-corrected chi connectivity index (χ2v) is 5.58. The maximum atomic E-state index is 12.7. The Morgan fingerprint density at radius 2 is 1.95 bits per heavy atom. The fraction of sp³-hybridized carbons (Fsp3) is 0.250. The van der Waals surface area contributed by atoms with E-state index in [-0.39, 0.29) is 5.91 Å². The molecule has 2 N–H and O–H groups in total. The van der Waals surface area contributed by atoms with Crippen LogP contribution >= 0.6 is 0 Å². The van der Waals surface area contributed by atoms with Crippen molar-refractivity contribution in [1.82, 2.24) is 4.98 Å². The fourth-order valence-corrected chi connectivity index (χ4v) is 2.71. The summed E-state index contributed by atoms with van der Waals surface area (Å²) in [6, 6.07) is 11.7. The van der Waals surface area contributed by atoms with Gasteiger partial charge in [0.25, 0.3) is 0 Å². The van der Waals surface area contributed by atoms with Gasteiger partial charge in [-0.3, -0.25) is 4.79 Å². The summed E-state index contributed by atoms with van der Waals surface area (Å²) in [5.74, 6) is 0.574. The van der Waals surface area contributed by atoms with Crippen LogP contribution in [0.3, 0.4) is 0 Å². The molecule has 102 valence electrons. The van der Waals surface area contributed by atoms with E-state index >= 15 is 0 Å². The number of hydrogen-bond acceptors (Lipinski definition) is 3. The third kappa shape index (κ3) is 1.76. The highest BCUT2D eigenvalue weighted by Gasteiger charge is 2.43. The second-order valence-electron chi connectivity index (χ2n) is 5.58. The van der Waals surface area contributed by atoms with Crippen molar-refractivity contribution in [2.24, 2.45) is 0 Å². The van der Waals surface area contributed by atoms with E-state index in [4.69, 9.17) is 5.73 Å². The zero-order valence-corrected chi connectivity index (χ0v) is 11.6. The van der Waals surface area contributed by atoms with Crippen molar-refractivity contribution in [3.05, 3.63) is 53.7 Å².